The van der Waals surface area contributed by atoms with E-state index in [1.54, 1.807) is 24.5 Å². The van der Waals surface area contributed by atoms with Crippen LogP contribution in [-0.2, 0) is 0 Å². The third-order valence-corrected chi connectivity index (χ3v) is 5.37. The third-order valence-electron chi connectivity index (χ3n) is 5.37. The van der Waals surface area contributed by atoms with Crippen LogP contribution in [0.4, 0.5) is 11.4 Å². The van der Waals surface area contributed by atoms with Gasteiger partial charge in [0.05, 0.1) is 6.26 Å². The number of carbonyl (C=O) groups excluding carboxylic acids is 1. The van der Waals surface area contributed by atoms with Crippen molar-refractivity contribution in [2.24, 2.45) is 0 Å². The number of hydrogen-bond acceptors (Lipinski definition) is 6. The molecule has 1 amide bonds. The van der Waals surface area contributed by atoms with Crippen LogP contribution in [0.3, 0.4) is 0 Å². The van der Waals surface area contributed by atoms with E-state index in [9.17, 15) is 4.79 Å². The Morgan fingerprint density at radius 1 is 1.04 bits per heavy atom. The summed E-state index contributed by atoms with van der Waals surface area (Å²) >= 11 is 0. The van der Waals surface area contributed by atoms with Gasteiger partial charge in [0.25, 0.3) is 5.91 Å². The monoisotopic (exact) mass is 378 g/mol. The highest BCUT2D eigenvalue weighted by Gasteiger charge is 2.31. The molecule has 2 aromatic heterocycles. The molecule has 3 aromatic rings. The van der Waals surface area contributed by atoms with Gasteiger partial charge >= 0.3 is 0 Å². The van der Waals surface area contributed by atoms with Crippen LogP contribution >= 0.6 is 0 Å². The van der Waals surface area contributed by atoms with Crippen molar-refractivity contribution < 1.29 is 13.7 Å². The number of amides is 1. The molecule has 1 aromatic carbocycles. The first kappa shape index (κ1) is 17.1. The molecule has 1 aliphatic carbocycles. The number of piperazine rings is 1. The lowest BCUT2D eigenvalue weighted by molar-refractivity contribution is 0.101. The Balaban J connectivity index is 1.20. The molecular weight excluding hydrogens is 356 g/mol. The van der Waals surface area contributed by atoms with E-state index in [1.807, 2.05) is 12.1 Å². The molecule has 1 saturated heterocycles. The lowest BCUT2D eigenvalue weighted by Gasteiger charge is -2.36. The molecule has 3 heterocycles. The minimum Gasteiger partial charge on any atom is -0.461 e. The van der Waals surface area contributed by atoms with Gasteiger partial charge in [-0.05, 0) is 49.2 Å². The van der Waals surface area contributed by atoms with E-state index >= 15 is 0 Å². The van der Waals surface area contributed by atoms with Crippen LogP contribution in [0.1, 0.15) is 23.3 Å². The molecule has 1 saturated carbocycles. The Kier molecular flexibility index (Phi) is 4.37. The zero-order valence-electron chi connectivity index (χ0n) is 15.5. The number of carbonyl (C=O) groups is 1. The van der Waals surface area contributed by atoms with Crippen LogP contribution in [0.15, 0.2) is 57.7 Å². The molecule has 2 fully saturated rings. The number of nitrogens with zero attached hydrogens (tertiary/aromatic N) is 3. The smallest absolute Gasteiger partial charge is 0.277 e. The summed E-state index contributed by atoms with van der Waals surface area (Å²) in [6.07, 6.45) is 4.27. The van der Waals surface area contributed by atoms with Crippen molar-refractivity contribution in [1.29, 1.82) is 0 Å². The van der Waals surface area contributed by atoms with Crippen molar-refractivity contribution in [1.82, 2.24) is 10.1 Å². The molecule has 2 aliphatic rings. The number of benzene rings is 1. The van der Waals surface area contributed by atoms with Crippen molar-refractivity contribution in [2.45, 2.75) is 18.9 Å². The number of nitrogens with one attached hydrogen (secondary N) is 1. The fraction of sp³-hybridized carbons (Fsp3) is 0.333. The molecule has 1 aliphatic heterocycles. The largest absolute Gasteiger partial charge is 0.461 e. The van der Waals surface area contributed by atoms with Gasteiger partial charge in [0.1, 0.15) is 0 Å². The van der Waals surface area contributed by atoms with E-state index in [-0.39, 0.29) is 11.6 Å². The molecule has 0 radical (unpaired) electrons. The van der Waals surface area contributed by atoms with Crippen molar-refractivity contribution >= 4 is 17.3 Å². The second kappa shape index (κ2) is 7.16. The summed E-state index contributed by atoms with van der Waals surface area (Å²) in [5.74, 6) is 0.654. The van der Waals surface area contributed by atoms with Gasteiger partial charge in [-0.25, -0.2) is 0 Å². The number of aromatic nitrogens is 1. The van der Waals surface area contributed by atoms with Crippen LogP contribution in [0, 0.1) is 0 Å². The van der Waals surface area contributed by atoms with E-state index < -0.39 is 0 Å². The van der Waals surface area contributed by atoms with Gasteiger partial charge in [-0.3, -0.25) is 9.69 Å². The van der Waals surface area contributed by atoms with Crippen molar-refractivity contribution in [3.05, 3.63) is 54.4 Å². The van der Waals surface area contributed by atoms with Crippen molar-refractivity contribution in [2.75, 3.05) is 36.4 Å². The fourth-order valence-corrected chi connectivity index (χ4v) is 3.65. The fourth-order valence-electron chi connectivity index (χ4n) is 3.65. The molecule has 0 unspecified atom stereocenters. The van der Waals surface area contributed by atoms with Crippen LogP contribution in [0.2, 0.25) is 0 Å². The maximum atomic E-state index is 12.4. The Labute approximate surface area is 162 Å². The van der Waals surface area contributed by atoms with E-state index in [4.69, 9.17) is 8.94 Å². The van der Waals surface area contributed by atoms with Crippen LogP contribution in [-0.4, -0.2) is 48.2 Å². The zero-order valence-corrected chi connectivity index (χ0v) is 15.5. The van der Waals surface area contributed by atoms with E-state index in [0.717, 1.165) is 37.9 Å². The van der Waals surface area contributed by atoms with Gasteiger partial charge in [-0.1, -0.05) is 5.16 Å². The summed E-state index contributed by atoms with van der Waals surface area (Å²) < 4.78 is 10.4. The molecule has 7 nitrogen and oxygen atoms in total. The first-order valence-electron chi connectivity index (χ1n) is 9.67. The highest BCUT2D eigenvalue weighted by molar-refractivity contribution is 6.03. The lowest BCUT2D eigenvalue weighted by Crippen LogP contribution is -2.47. The normalized spacial score (nSPS) is 17.6. The summed E-state index contributed by atoms with van der Waals surface area (Å²) in [5, 5.41) is 6.68. The molecule has 0 spiro atoms. The predicted molar refractivity (Wildman–Crippen MR) is 105 cm³/mol. The van der Waals surface area contributed by atoms with Crippen molar-refractivity contribution in [3.8, 4) is 11.5 Å². The number of furan rings is 1. The van der Waals surface area contributed by atoms with Gasteiger partial charge in [0.15, 0.2) is 11.5 Å². The lowest BCUT2D eigenvalue weighted by atomic mass is 10.2. The Bertz CT molecular complexity index is 936. The topological polar surface area (TPSA) is 74.8 Å². The summed E-state index contributed by atoms with van der Waals surface area (Å²) in [4.78, 5) is 17.4. The van der Waals surface area contributed by atoms with Gasteiger partial charge in [-0.15, -0.1) is 0 Å². The van der Waals surface area contributed by atoms with Gasteiger partial charge in [-0.2, -0.15) is 0 Å². The highest BCUT2D eigenvalue weighted by Crippen LogP contribution is 2.29. The van der Waals surface area contributed by atoms with Gasteiger partial charge in [0.2, 0.25) is 5.76 Å². The molecule has 0 atom stereocenters. The second-order valence-corrected chi connectivity index (χ2v) is 7.31. The minimum atomic E-state index is -0.313. The van der Waals surface area contributed by atoms with Crippen LogP contribution < -0.4 is 10.2 Å². The predicted octanol–water partition coefficient (Wildman–Crippen LogP) is 3.47. The molecule has 0 bridgehead atoms. The molecule has 1 N–H and O–H groups in total. The second-order valence-electron chi connectivity index (χ2n) is 7.31. The average molecular weight is 378 g/mol. The van der Waals surface area contributed by atoms with Crippen molar-refractivity contribution in [3.63, 3.8) is 0 Å². The Morgan fingerprint density at radius 2 is 1.82 bits per heavy atom. The molecular formula is C21H22N4O3. The molecule has 5 rings (SSSR count). The molecule has 144 valence electrons. The highest BCUT2D eigenvalue weighted by atomic mass is 16.5. The SMILES string of the molecule is O=C(Nc1ccc(N2CCN(C3CC3)CC2)cc1)c1cc(-c2ccco2)on1. The third kappa shape index (κ3) is 3.53. The van der Waals surface area contributed by atoms with Gasteiger partial charge in [0, 0.05) is 49.7 Å². The molecule has 28 heavy (non-hydrogen) atoms. The van der Waals surface area contributed by atoms with E-state index in [0.29, 0.717) is 11.5 Å². The Morgan fingerprint density at radius 3 is 2.50 bits per heavy atom. The number of anilines is 2. The Hall–Kier alpha value is -3.06. The van der Waals surface area contributed by atoms with E-state index in [1.165, 1.54) is 18.5 Å². The standard InChI is InChI=1S/C21H22N4O3/c26-21(18-14-20(28-23-18)19-2-1-13-27-19)22-15-3-5-16(6-4-15)24-9-11-25(12-10-24)17-7-8-17/h1-6,13-14,17H,7-12H2,(H,22,26). The van der Waals surface area contributed by atoms with Crippen LogP contribution in [0.25, 0.3) is 11.5 Å². The molecule has 7 heteroatoms. The van der Waals surface area contributed by atoms with E-state index in [2.05, 4.69) is 32.4 Å². The maximum absolute atomic E-state index is 12.4. The summed E-state index contributed by atoms with van der Waals surface area (Å²) in [5.41, 5.74) is 2.13. The maximum Gasteiger partial charge on any atom is 0.277 e. The first-order valence-corrected chi connectivity index (χ1v) is 9.67. The van der Waals surface area contributed by atoms with Crippen LogP contribution in [0.5, 0.6) is 0 Å². The number of hydrogen-bond donors (Lipinski definition) is 1. The quantitative estimate of drug-likeness (QED) is 0.733. The summed E-state index contributed by atoms with van der Waals surface area (Å²) in [6, 6.07) is 13.9. The zero-order chi connectivity index (χ0) is 18.9. The summed E-state index contributed by atoms with van der Waals surface area (Å²) in [6.45, 7) is 4.37. The number of rotatable bonds is 5. The minimum absolute atomic E-state index is 0.215. The average Bonchev–Trinajstić information content (AvgIpc) is 3.22. The summed E-state index contributed by atoms with van der Waals surface area (Å²) in [7, 11) is 0. The first-order chi connectivity index (χ1) is 13.8. The van der Waals surface area contributed by atoms with Gasteiger partial charge < -0.3 is 19.2 Å².